The Balaban J connectivity index is 2.84. The molecule has 0 saturated heterocycles. The van der Waals surface area contributed by atoms with Gasteiger partial charge in [-0.05, 0) is 49.4 Å². The van der Waals surface area contributed by atoms with Gasteiger partial charge in [0.1, 0.15) is 5.82 Å². The van der Waals surface area contributed by atoms with Crippen molar-refractivity contribution in [3.05, 3.63) is 35.1 Å². The van der Waals surface area contributed by atoms with E-state index in [1.54, 1.807) is 20.1 Å². The second-order valence-corrected chi connectivity index (χ2v) is 5.20. The van der Waals surface area contributed by atoms with Gasteiger partial charge in [0.2, 0.25) is 0 Å². The zero-order chi connectivity index (χ0) is 14.3. The third-order valence-electron chi connectivity index (χ3n) is 3.52. The minimum Gasteiger partial charge on any atom is -0.385 e. The lowest BCUT2D eigenvalue weighted by molar-refractivity contribution is 0.170. The van der Waals surface area contributed by atoms with E-state index in [1.165, 1.54) is 0 Å². The number of halogens is 1. The Hall–Kier alpha value is -0.930. The topological polar surface area (TPSA) is 21.3 Å². The number of aryl methyl sites for hydroxylation is 1. The van der Waals surface area contributed by atoms with Crippen LogP contribution >= 0.6 is 0 Å². The molecule has 1 N–H and O–H groups in total. The molecule has 0 aliphatic carbocycles. The molecule has 108 valence electrons. The van der Waals surface area contributed by atoms with Gasteiger partial charge in [0.25, 0.3) is 0 Å². The molecule has 0 spiro atoms. The SMILES string of the molecule is CCCNC(c1ccc(C)c(F)c1)C(C)CCOC. The summed E-state index contributed by atoms with van der Waals surface area (Å²) in [6.45, 7) is 7.79. The molecule has 1 aromatic carbocycles. The second kappa shape index (κ2) is 8.28. The Morgan fingerprint density at radius 2 is 2.11 bits per heavy atom. The van der Waals surface area contributed by atoms with Gasteiger partial charge in [-0.1, -0.05) is 26.0 Å². The number of benzene rings is 1. The van der Waals surface area contributed by atoms with E-state index in [4.69, 9.17) is 4.74 Å². The number of nitrogens with one attached hydrogen (secondary N) is 1. The van der Waals surface area contributed by atoms with Gasteiger partial charge in [0.15, 0.2) is 0 Å². The molecule has 1 aromatic rings. The first-order valence-corrected chi connectivity index (χ1v) is 7.08. The zero-order valence-corrected chi connectivity index (χ0v) is 12.5. The highest BCUT2D eigenvalue weighted by atomic mass is 19.1. The van der Waals surface area contributed by atoms with Crippen molar-refractivity contribution in [1.29, 1.82) is 0 Å². The summed E-state index contributed by atoms with van der Waals surface area (Å²) >= 11 is 0. The first-order chi connectivity index (χ1) is 9.10. The molecule has 0 aliphatic rings. The van der Waals surface area contributed by atoms with Gasteiger partial charge in [-0.25, -0.2) is 4.39 Å². The molecule has 0 amide bonds. The van der Waals surface area contributed by atoms with Gasteiger partial charge in [0, 0.05) is 19.8 Å². The van der Waals surface area contributed by atoms with E-state index in [1.807, 2.05) is 12.1 Å². The standard InChI is InChI=1S/C16H26FNO/c1-5-9-18-16(13(3)8-10-19-4)14-7-6-12(2)15(17)11-14/h6-7,11,13,16,18H,5,8-10H2,1-4H3. The minimum absolute atomic E-state index is 0.125. The Kier molecular flexibility index (Phi) is 7.03. The molecule has 0 radical (unpaired) electrons. The lowest BCUT2D eigenvalue weighted by atomic mass is 9.91. The van der Waals surface area contributed by atoms with Gasteiger partial charge < -0.3 is 10.1 Å². The number of hydrogen-bond donors (Lipinski definition) is 1. The van der Waals surface area contributed by atoms with E-state index < -0.39 is 0 Å². The highest BCUT2D eigenvalue weighted by Gasteiger charge is 2.19. The van der Waals surface area contributed by atoms with Crippen molar-refractivity contribution in [3.63, 3.8) is 0 Å². The van der Waals surface area contributed by atoms with Crippen molar-refractivity contribution < 1.29 is 9.13 Å². The average molecular weight is 267 g/mol. The van der Waals surface area contributed by atoms with Crippen LogP contribution in [0.4, 0.5) is 4.39 Å². The van der Waals surface area contributed by atoms with Crippen LogP contribution in [0, 0.1) is 18.7 Å². The Bertz CT molecular complexity index is 381. The van der Waals surface area contributed by atoms with Crippen LogP contribution in [0.1, 0.15) is 43.9 Å². The smallest absolute Gasteiger partial charge is 0.126 e. The maximum Gasteiger partial charge on any atom is 0.126 e. The van der Waals surface area contributed by atoms with E-state index in [9.17, 15) is 4.39 Å². The molecule has 2 nitrogen and oxygen atoms in total. The number of hydrogen-bond acceptors (Lipinski definition) is 2. The van der Waals surface area contributed by atoms with Crippen molar-refractivity contribution in [3.8, 4) is 0 Å². The van der Waals surface area contributed by atoms with E-state index in [0.717, 1.165) is 31.6 Å². The largest absolute Gasteiger partial charge is 0.385 e. The summed E-state index contributed by atoms with van der Waals surface area (Å²) in [5, 5.41) is 3.52. The van der Waals surface area contributed by atoms with Crippen LogP contribution in [0.25, 0.3) is 0 Å². The predicted molar refractivity (Wildman–Crippen MR) is 77.8 cm³/mol. The normalized spacial score (nSPS) is 14.4. The molecule has 19 heavy (non-hydrogen) atoms. The van der Waals surface area contributed by atoms with Gasteiger partial charge >= 0.3 is 0 Å². The molecule has 0 fully saturated rings. The fourth-order valence-electron chi connectivity index (χ4n) is 2.22. The van der Waals surface area contributed by atoms with E-state index >= 15 is 0 Å². The summed E-state index contributed by atoms with van der Waals surface area (Å²) in [5.41, 5.74) is 1.72. The van der Waals surface area contributed by atoms with E-state index in [-0.39, 0.29) is 11.9 Å². The quantitative estimate of drug-likeness (QED) is 0.772. The zero-order valence-electron chi connectivity index (χ0n) is 12.5. The van der Waals surface area contributed by atoms with Crippen molar-refractivity contribution in [2.45, 2.75) is 39.7 Å². The van der Waals surface area contributed by atoms with Crippen LogP contribution in [-0.4, -0.2) is 20.3 Å². The second-order valence-electron chi connectivity index (χ2n) is 5.20. The van der Waals surface area contributed by atoms with Gasteiger partial charge in [-0.15, -0.1) is 0 Å². The first kappa shape index (κ1) is 16.1. The average Bonchev–Trinajstić information content (AvgIpc) is 2.40. The molecule has 3 heteroatoms. The number of methoxy groups -OCH3 is 1. The molecule has 0 heterocycles. The Morgan fingerprint density at radius 1 is 1.37 bits per heavy atom. The van der Waals surface area contributed by atoms with Gasteiger partial charge in [-0.3, -0.25) is 0 Å². The molecule has 0 aliphatic heterocycles. The minimum atomic E-state index is -0.125. The fraction of sp³-hybridized carbons (Fsp3) is 0.625. The molecule has 0 saturated carbocycles. The lowest BCUT2D eigenvalue weighted by Crippen LogP contribution is -2.28. The maximum absolute atomic E-state index is 13.7. The first-order valence-electron chi connectivity index (χ1n) is 7.08. The summed E-state index contributed by atoms with van der Waals surface area (Å²) < 4.78 is 18.9. The Morgan fingerprint density at radius 3 is 2.68 bits per heavy atom. The summed E-state index contributed by atoms with van der Waals surface area (Å²) in [6, 6.07) is 5.72. The molecule has 2 atom stereocenters. The molecule has 2 unspecified atom stereocenters. The highest BCUT2D eigenvalue weighted by molar-refractivity contribution is 5.26. The van der Waals surface area contributed by atoms with Crippen molar-refractivity contribution in [2.75, 3.05) is 20.3 Å². The van der Waals surface area contributed by atoms with Crippen molar-refractivity contribution >= 4 is 0 Å². The molecular formula is C16H26FNO. The van der Waals surface area contributed by atoms with E-state index in [2.05, 4.69) is 19.2 Å². The lowest BCUT2D eigenvalue weighted by Gasteiger charge is -2.26. The third kappa shape index (κ3) is 4.92. The number of ether oxygens (including phenoxy) is 1. The van der Waals surface area contributed by atoms with Crippen LogP contribution in [0.5, 0.6) is 0 Å². The third-order valence-corrected chi connectivity index (χ3v) is 3.52. The molecule has 0 aromatic heterocycles. The fourth-order valence-corrected chi connectivity index (χ4v) is 2.22. The molecular weight excluding hydrogens is 241 g/mol. The summed E-state index contributed by atoms with van der Waals surface area (Å²) in [5.74, 6) is 0.286. The molecule has 0 bridgehead atoms. The summed E-state index contributed by atoms with van der Waals surface area (Å²) in [4.78, 5) is 0. The van der Waals surface area contributed by atoms with Crippen molar-refractivity contribution in [1.82, 2.24) is 5.32 Å². The summed E-state index contributed by atoms with van der Waals surface area (Å²) in [6.07, 6.45) is 2.04. The monoisotopic (exact) mass is 267 g/mol. The van der Waals surface area contributed by atoms with Gasteiger partial charge in [-0.2, -0.15) is 0 Å². The molecule has 1 rings (SSSR count). The summed E-state index contributed by atoms with van der Waals surface area (Å²) in [7, 11) is 1.72. The predicted octanol–water partition coefficient (Wildman–Crippen LogP) is 3.85. The highest BCUT2D eigenvalue weighted by Crippen LogP contribution is 2.26. The van der Waals surface area contributed by atoms with Crippen molar-refractivity contribution in [2.24, 2.45) is 5.92 Å². The number of rotatable bonds is 8. The maximum atomic E-state index is 13.7. The Labute approximate surface area is 116 Å². The van der Waals surface area contributed by atoms with Crippen LogP contribution < -0.4 is 5.32 Å². The van der Waals surface area contributed by atoms with Crippen LogP contribution in [0.2, 0.25) is 0 Å². The van der Waals surface area contributed by atoms with Gasteiger partial charge in [0.05, 0.1) is 0 Å². The van der Waals surface area contributed by atoms with Crippen LogP contribution in [0.3, 0.4) is 0 Å². The van der Waals surface area contributed by atoms with E-state index in [0.29, 0.717) is 11.5 Å². The van der Waals surface area contributed by atoms with Crippen LogP contribution in [0.15, 0.2) is 18.2 Å². The van der Waals surface area contributed by atoms with Crippen LogP contribution in [-0.2, 0) is 4.74 Å².